The van der Waals surface area contributed by atoms with Gasteiger partial charge in [0.05, 0.1) is 4.88 Å². The average Bonchev–Trinajstić information content (AvgIpc) is 2.80. The molecule has 0 bridgehead atoms. The van der Waals surface area contributed by atoms with Crippen LogP contribution in [0.5, 0.6) is 0 Å². The van der Waals surface area contributed by atoms with Gasteiger partial charge in [0, 0.05) is 19.3 Å². The molecule has 2 rings (SSSR count). The van der Waals surface area contributed by atoms with Gasteiger partial charge in [0.15, 0.2) is 5.82 Å². The van der Waals surface area contributed by atoms with E-state index < -0.39 is 0 Å². The summed E-state index contributed by atoms with van der Waals surface area (Å²) in [5.74, 6) is 1.57. The third-order valence-electron chi connectivity index (χ3n) is 1.85. The van der Waals surface area contributed by atoms with E-state index in [1.165, 1.54) is 0 Å². The van der Waals surface area contributed by atoms with Gasteiger partial charge in [0.25, 0.3) is 0 Å². The maximum atomic E-state index is 5.41. The normalized spacial score (nSPS) is 10.2. The first kappa shape index (κ1) is 10.1. The van der Waals surface area contributed by atoms with E-state index >= 15 is 0 Å². The highest BCUT2D eigenvalue weighted by molar-refractivity contribution is 7.13. The Morgan fingerprint density at radius 3 is 3.07 bits per heavy atom. The highest BCUT2D eigenvalue weighted by atomic mass is 32.1. The van der Waals surface area contributed by atoms with Crippen molar-refractivity contribution in [2.24, 2.45) is 5.73 Å². The smallest absolute Gasteiger partial charge is 0.171 e. The van der Waals surface area contributed by atoms with Crippen LogP contribution in [0.15, 0.2) is 29.8 Å². The van der Waals surface area contributed by atoms with Gasteiger partial charge in [-0.2, -0.15) is 0 Å². The molecule has 0 amide bonds. The molecule has 3 N–H and O–H groups in total. The monoisotopic (exact) mass is 220 g/mol. The van der Waals surface area contributed by atoms with Gasteiger partial charge in [-0.05, 0) is 17.5 Å². The second-order valence-corrected chi connectivity index (χ2v) is 3.91. The number of hydrogen-bond acceptors (Lipinski definition) is 5. The third-order valence-corrected chi connectivity index (χ3v) is 2.71. The van der Waals surface area contributed by atoms with Crippen LogP contribution in [0.3, 0.4) is 0 Å². The summed E-state index contributed by atoms with van der Waals surface area (Å²) in [6, 6.07) is 5.84. The second-order valence-electron chi connectivity index (χ2n) is 2.96. The van der Waals surface area contributed by atoms with Gasteiger partial charge in [-0.25, -0.2) is 9.97 Å². The summed E-state index contributed by atoms with van der Waals surface area (Å²) >= 11 is 1.63. The van der Waals surface area contributed by atoms with Crippen molar-refractivity contribution in [3.63, 3.8) is 0 Å². The first-order valence-corrected chi connectivity index (χ1v) is 5.59. The Morgan fingerprint density at radius 2 is 2.33 bits per heavy atom. The highest BCUT2D eigenvalue weighted by Gasteiger charge is 2.02. The van der Waals surface area contributed by atoms with E-state index in [9.17, 15) is 0 Å². The van der Waals surface area contributed by atoms with E-state index in [1.807, 2.05) is 23.6 Å². The Morgan fingerprint density at radius 1 is 1.40 bits per heavy atom. The molecule has 0 aromatic carbocycles. The van der Waals surface area contributed by atoms with Crippen LogP contribution in [0.25, 0.3) is 10.7 Å². The summed E-state index contributed by atoms with van der Waals surface area (Å²) in [5, 5.41) is 5.14. The van der Waals surface area contributed by atoms with Crippen LogP contribution in [-0.2, 0) is 0 Å². The predicted molar refractivity (Wildman–Crippen MR) is 62.9 cm³/mol. The maximum absolute atomic E-state index is 5.41. The number of thiophene rings is 1. The Bertz CT molecular complexity index is 413. The van der Waals surface area contributed by atoms with Crippen LogP contribution in [0.1, 0.15) is 0 Å². The van der Waals surface area contributed by atoms with Crippen LogP contribution in [0.4, 0.5) is 5.82 Å². The molecule has 15 heavy (non-hydrogen) atoms. The van der Waals surface area contributed by atoms with Crippen molar-refractivity contribution < 1.29 is 0 Å². The number of hydrogen-bond donors (Lipinski definition) is 2. The van der Waals surface area contributed by atoms with E-state index in [0.717, 1.165) is 23.1 Å². The zero-order valence-electron chi connectivity index (χ0n) is 8.18. The summed E-state index contributed by atoms with van der Waals surface area (Å²) in [4.78, 5) is 9.68. The molecule has 2 heterocycles. The lowest BCUT2D eigenvalue weighted by Gasteiger charge is -2.03. The zero-order valence-corrected chi connectivity index (χ0v) is 9.00. The lowest BCUT2D eigenvalue weighted by Crippen LogP contribution is -2.14. The number of anilines is 1. The summed E-state index contributed by atoms with van der Waals surface area (Å²) < 4.78 is 0. The van der Waals surface area contributed by atoms with Crippen molar-refractivity contribution in [3.8, 4) is 10.7 Å². The Hall–Kier alpha value is -1.46. The lowest BCUT2D eigenvalue weighted by atomic mass is 10.4. The van der Waals surface area contributed by atoms with Crippen LogP contribution in [0, 0.1) is 0 Å². The Labute approximate surface area is 92.2 Å². The molecule has 0 unspecified atom stereocenters. The molecule has 0 radical (unpaired) electrons. The lowest BCUT2D eigenvalue weighted by molar-refractivity contribution is 1.01. The zero-order chi connectivity index (χ0) is 10.5. The molecule has 78 valence electrons. The fourth-order valence-electron chi connectivity index (χ4n) is 1.18. The molecule has 0 saturated heterocycles. The van der Waals surface area contributed by atoms with Crippen molar-refractivity contribution >= 4 is 17.2 Å². The molecule has 0 aliphatic heterocycles. The number of rotatable bonds is 4. The third kappa shape index (κ3) is 2.51. The number of nitrogens with one attached hydrogen (secondary N) is 1. The molecule has 0 atom stereocenters. The molecular formula is C10H12N4S. The van der Waals surface area contributed by atoms with E-state index in [0.29, 0.717) is 6.54 Å². The van der Waals surface area contributed by atoms with Crippen molar-refractivity contribution in [3.05, 3.63) is 29.8 Å². The Balaban J connectivity index is 2.19. The van der Waals surface area contributed by atoms with Gasteiger partial charge < -0.3 is 11.1 Å². The fraction of sp³-hybridized carbons (Fsp3) is 0.200. The van der Waals surface area contributed by atoms with Crippen molar-refractivity contribution in [2.45, 2.75) is 0 Å². The minimum atomic E-state index is 0.596. The summed E-state index contributed by atoms with van der Waals surface area (Å²) in [6.07, 6.45) is 1.75. The standard InChI is InChI=1S/C10H12N4S/c11-4-6-12-9-3-5-13-10(14-9)8-2-1-7-15-8/h1-3,5,7H,4,6,11H2,(H,12,13,14). The van der Waals surface area contributed by atoms with Crippen molar-refractivity contribution in [1.29, 1.82) is 0 Å². The minimum absolute atomic E-state index is 0.596. The molecule has 5 heteroatoms. The van der Waals surface area contributed by atoms with Gasteiger partial charge in [0.2, 0.25) is 0 Å². The van der Waals surface area contributed by atoms with Gasteiger partial charge in [0.1, 0.15) is 5.82 Å². The van der Waals surface area contributed by atoms with Crippen LogP contribution in [0.2, 0.25) is 0 Å². The van der Waals surface area contributed by atoms with Gasteiger partial charge in [-0.1, -0.05) is 6.07 Å². The van der Waals surface area contributed by atoms with Crippen molar-refractivity contribution in [2.75, 3.05) is 18.4 Å². The predicted octanol–water partition coefficient (Wildman–Crippen LogP) is 1.58. The fourth-order valence-corrected chi connectivity index (χ4v) is 1.85. The van der Waals surface area contributed by atoms with Crippen molar-refractivity contribution in [1.82, 2.24) is 9.97 Å². The molecule has 0 aliphatic carbocycles. The first-order chi connectivity index (χ1) is 7.40. The number of nitrogens with two attached hydrogens (primary N) is 1. The summed E-state index contributed by atoms with van der Waals surface area (Å²) in [7, 11) is 0. The maximum Gasteiger partial charge on any atom is 0.171 e. The largest absolute Gasteiger partial charge is 0.369 e. The van der Waals surface area contributed by atoms with Gasteiger partial charge in [-0.3, -0.25) is 0 Å². The van der Waals surface area contributed by atoms with E-state index in [1.54, 1.807) is 17.5 Å². The summed E-state index contributed by atoms with van der Waals surface area (Å²) in [5.41, 5.74) is 5.41. The van der Waals surface area contributed by atoms with E-state index in [2.05, 4.69) is 15.3 Å². The topological polar surface area (TPSA) is 63.8 Å². The number of nitrogens with zero attached hydrogens (tertiary/aromatic N) is 2. The highest BCUT2D eigenvalue weighted by Crippen LogP contribution is 2.21. The molecular weight excluding hydrogens is 208 g/mol. The van der Waals surface area contributed by atoms with E-state index in [-0.39, 0.29) is 0 Å². The quantitative estimate of drug-likeness (QED) is 0.821. The van der Waals surface area contributed by atoms with Gasteiger partial charge in [-0.15, -0.1) is 11.3 Å². The number of aromatic nitrogens is 2. The minimum Gasteiger partial charge on any atom is -0.369 e. The second kappa shape index (κ2) is 4.86. The molecule has 0 fully saturated rings. The van der Waals surface area contributed by atoms with E-state index in [4.69, 9.17) is 5.73 Å². The van der Waals surface area contributed by atoms with Gasteiger partial charge >= 0.3 is 0 Å². The molecule has 0 saturated carbocycles. The first-order valence-electron chi connectivity index (χ1n) is 4.71. The Kier molecular flexibility index (Phi) is 3.26. The van der Waals surface area contributed by atoms with Crippen LogP contribution in [-0.4, -0.2) is 23.1 Å². The molecule has 2 aromatic heterocycles. The molecule has 4 nitrogen and oxygen atoms in total. The average molecular weight is 220 g/mol. The van der Waals surface area contributed by atoms with Crippen LogP contribution >= 0.6 is 11.3 Å². The SMILES string of the molecule is NCCNc1ccnc(-c2cccs2)n1. The van der Waals surface area contributed by atoms with Crippen LogP contribution < -0.4 is 11.1 Å². The molecule has 0 aliphatic rings. The molecule has 0 spiro atoms. The summed E-state index contributed by atoms with van der Waals surface area (Å²) in [6.45, 7) is 1.32. The molecule has 2 aromatic rings.